The van der Waals surface area contributed by atoms with E-state index in [4.69, 9.17) is 11.6 Å². The Labute approximate surface area is 133 Å². The fourth-order valence-electron chi connectivity index (χ4n) is 2.01. The van der Waals surface area contributed by atoms with Crippen LogP contribution in [-0.4, -0.2) is 10.9 Å². The summed E-state index contributed by atoms with van der Waals surface area (Å²) in [5, 5.41) is 2.55. The first kappa shape index (κ1) is 13.5. The number of hydrogen-bond donors (Lipinski definition) is 1. The Kier molecular flexibility index (Phi) is 3.47. The molecule has 6 heteroatoms. The number of hydrogen-bond acceptors (Lipinski definition) is 2. The number of rotatable bonds is 1. The van der Waals surface area contributed by atoms with Gasteiger partial charge in [0.05, 0.1) is 5.69 Å². The second kappa shape index (κ2) is 5.14. The molecule has 0 unspecified atom stereocenters. The zero-order valence-electron chi connectivity index (χ0n) is 9.95. The van der Waals surface area contributed by atoms with Gasteiger partial charge in [-0.05, 0) is 46.9 Å². The molecule has 1 N–H and O–H groups in total. The first-order valence-electron chi connectivity index (χ1n) is 5.69. The number of halogens is 3. The van der Waals surface area contributed by atoms with Crippen molar-refractivity contribution in [2.45, 2.75) is 0 Å². The summed E-state index contributed by atoms with van der Waals surface area (Å²) in [5.74, 6) is -0.886. The van der Waals surface area contributed by atoms with Gasteiger partial charge in [0.25, 0.3) is 5.91 Å². The van der Waals surface area contributed by atoms with Crippen LogP contribution in [0.1, 0.15) is 11.1 Å². The number of aromatic nitrogens is 1. The van der Waals surface area contributed by atoms with Crippen molar-refractivity contribution in [1.29, 1.82) is 0 Å². The highest BCUT2D eigenvalue weighted by molar-refractivity contribution is 14.1. The topological polar surface area (TPSA) is 42.0 Å². The summed E-state index contributed by atoms with van der Waals surface area (Å²) in [6.07, 6.45) is 2.89. The van der Waals surface area contributed by atoms with Gasteiger partial charge in [-0.25, -0.2) is 9.37 Å². The number of amides is 1. The first-order chi connectivity index (χ1) is 9.56. The highest BCUT2D eigenvalue weighted by Crippen LogP contribution is 2.34. The smallest absolute Gasteiger partial charge is 0.256 e. The average molecular weight is 401 g/mol. The molecule has 1 amide bonds. The molecule has 100 valence electrons. The molecule has 0 radical (unpaired) electrons. The number of fused-ring (bicyclic) bond motifs is 1. The van der Waals surface area contributed by atoms with E-state index in [2.05, 4.69) is 32.9 Å². The van der Waals surface area contributed by atoms with E-state index >= 15 is 0 Å². The Balaban J connectivity index is 2.14. The van der Waals surface area contributed by atoms with Crippen molar-refractivity contribution in [3.8, 4) is 0 Å². The van der Waals surface area contributed by atoms with Crippen LogP contribution in [0.3, 0.4) is 0 Å². The normalized spacial score (nSPS) is 15.3. The van der Waals surface area contributed by atoms with Gasteiger partial charge in [0, 0.05) is 26.5 Å². The van der Waals surface area contributed by atoms with Gasteiger partial charge < -0.3 is 5.32 Å². The van der Waals surface area contributed by atoms with Crippen LogP contribution in [0, 0.1) is 9.39 Å². The molecule has 0 aliphatic carbocycles. The van der Waals surface area contributed by atoms with Gasteiger partial charge in [-0.2, -0.15) is 0 Å². The molecule has 1 aromatic carbocycles. The predicted octanol–water partition coefficient (Wildman–Crippen LogP) is 3.97. The van der Waals surface area contributed by atoms with E-state index < -0.39 is 5.82 Å². The van der Waals surface area contributed by atoms with E-state index in [0.29, 0.717) is 5.57 Å². The first-order valence-corrected chi connectivity index (χ1v) is 7.15. The third-order valence-corrected chi connectivity index (χ3v) is 3.88. The molecule has 2 aromatic rings. The quantitative estimate of drug-likeness (QED) is 0.447. The molecule has 0 atom stereocenters. The number of carbonyl (C=O) groups excluding carboxylic acids is 1. The summed E-state index contributed by atoms with van der Waals surface area (Å²) >= 11 is 7.80. The number of anilines is 1. The second-order valence-corrected chi connectivity index (χ2v) is 5.81. The maximum atomic E-state index is 13.9. The van der Waals surface area contributed by atoms with Gasteiger partial charge in [0.2, 0.25) is 0 Å². The summed E-state index contributed by atoms with van der Waals surface area (Å²) < 4.78 is 14.9. The van der Waals surface area contributed by atoms with Gasteiger partial charge in [0.1, 0.15) is 0 Å². The monoisotopic (exact) mass is 400 g/mol. The minimum absolute atomic E-state index is 0.208. The molecule has 0 spiro atoms. The zero-order valence-corrected chi connectivity index (χ0v) is 12.9. The Bertz CT molecular complexity index is 761. The zero-order chi connectivity index (χ0) is 14.3. The minimum atomic E-state index is -0.631. The average Bonchev–Trinajstić information content (AvgIpc) is 2.70. The molecule has 1 aliphatic rings. The molecular formula is C14H7ClFIN2O. The Morgan fingerprint density at radius 1 is 1.35 bits per heavy atom. The Hall–Kier alpha value is -1.47. The molecule has 2 heterocycles. The number of carbonyl (C=O) groups is 1. The number of benzene rings is 1. The Morgan fingerprint density at radius 3 is 2.95 bits per heavy atom. The van der Waals surface area contributed by atoms with Crippen LogP contribution in [0.4, 0.5) is 10.1 Å². The third kappa shape index (κ3) is 2.31. The second-order valence-electron chi connectivity index (χ2n) is 4.21. The number of nitrogens with one attached hydrogen (secondary N) is 1. The molecule has 0 fully saturated rings. The molecule has 1 aromatic heterocycles. The van der Waals surface area contributed by atoms with E-state index in [1.54, 1.807) is 0 Å². The van der Waals surface area contributed by atoms with E-state index in [1.807, 2.05) is 18.2 Å². The molecule has 3 nitrogen and oxygen atoms in total. The van der Waals surface area contributed by atoms with Crippen LogP contribution < -0.4 is 5.32 Å². The molecule has 1 aliphatic heterocycles. The summed E-state index contributed by atoms with van der Waals surface area (Å²) in [4.78, 5) is 15.6. The van der Waals surface area contributed by atoms with Gasteiger partial charge >= 0.3 is 0 Å². The minimum Gasteiger partial charge on any atom is -0.321 e. The fraction of sp³-hybridized carbons (Fsp3) is 0. The Morgan fingerprint density at radius 2 is 2.15 bits per heavy atom. The summed E-state index contributed by atoms with van der Waals surface area (Å²) in [5.41, 5.74) is 2.13. The molecular weight excluding hydrogens is 394 g/mol. The molecule has 0 saturated heterocycles. The highest BCUT2D eigenvalue weighted by Gasteiger charge is 2.24. The standard InChI is InChI=1S/C14H7ClFIN2O/c15-13-12(16)7(3-4-18-13)5-10-9-2-1-8(17)6-11(9)19-14(10)20/h1-6H,(H,19,20). The largest absolute Gasteiger partial charge is 0.321 e. The van der Waals surface area contributed by atoms with Crippen LogP contribution in [0.25, 0.3) is 11.6 Å². The van der Waals surface area contributed by atoms with Crippen molar-refractivity contribution in [3.63, 3.8) is 0 Å². The van der Waals surface area contributed by atoms with Crippen LogP contribution >= 0.6 is 34.2 Å². The highest BCUT2D eigenvalue weighted by atomic mass is 127. The lowest BCUT2D eigenvalue weighted by Crippen LogP contribution is -2.03. The van der Waals surface area contributed by atoms with Gasteiger partial charge in [-0.3, -0.25) is 4.79 Å². The SMILES string of the molecule is O=C1Nc2cc(I)ccc2C1=Cc1ccnc(Cl)c1F. The van der Waals surface area contributed by atoms with Crippen LogP contribution in [0.5, 0.6) is 0 Å². The molecule has 0 saturated carbocycles. The van der Waals surface area contributed by atoms with Crippen molar-refractivity contribution in [2.75, 3.05) is 5.32 Å². The van der Waals surface area contributed by atoms with E-state index in [0.717, 1.165) is 14.8 Å². The van der Waals surface area contributed by atoms with E-state index in [1.165, 1.54) is 18.3 Å². The molecule has 20 heavy (non-hydrogen) atoms. The maximum Gasteiger partial charge on any atom is 0.256 e. The fourth-order valence-corrected chi connectivity index (χ4v) is 2.67. The lowest BCUT2D eigenvalue weighted by molar-refractivity contribution is -0.110. The lowest BCUT2D eigenvalue weighted by atomic mass is 10.0. The van der Waals surface area contributed by atoms with Crippen LogP contribution in [-0.2, 0) is 4.79 Å². The van der Waals surface area contributed by atoms with Crippen LogP contribution in [0.15, 0.2) is 30.5 Å². The van der Waals surface area contributed by atoms with Gasteiger partial charge in [-0.1, -0.05) is 17.7 Å². The predicted molar refractivity (Wildman–Crippen MR) is 84.9 cm³/mol. The van der Waals surface area contributed by atoms with Crippen molar-refractivity contribution >= 4 is 57.4 Å². The summed E-state index contributed by atoms with van der Waals surface area (Å²) in [7, 11) is 0. The number of pyridine rings is 1. The van der Waals surface area contributed by atoms with Crippen molar-refractivity contribution in [2.24, 2.45) is 0 Å². The van der Waals surface area contributed by atoms with Crippen molar-refractivity contribution < 1.29 is 9.18 Å². The molecule has 3 rings (SSSR count). The van der Waals surface area contributed by atoms with E-state index in [-0.39, 0.29) is 16.6 Å². The third-order valence-electron chi connectivity index (χ3n) is 2.94. The summed E-state index contributed by atoms with van der Waals surface area (Å²) in [6.45, 7) is 0. The van der Waals surface area contributed by atoms with Gasteiger partial charge in [0.15, 0.2) is 11.0 Å². The van der Waals surface area contributed by atoms with Gasteiger partial charge in [-0.15, -0.1) is 0 Å². The van der Waals surface area contributed by atoms with Crippen molar-refractivity contribution in [1.82, 2.24) is 4.98 Å². The number of nitrogens with zero attached hydrogens (tertiary/aromatic N) is 1. The lowest BCUT2D eigenvalue weighted by Gasteiger charge is -2.01. The van der Waals surface area contributed by atoms with E-state index in [9.17, 15) is 9.18 Å². The van der Waals surface area contributed by atoms with Crippen LogP contribution in [0.2, 0.25) is 5.15 Å². The summed E-state index contributed by atoms with van der Waals surface area (Å²) in [6, 6.07) is 7.07. The van der Waals surface area contributed by atoms with Crippen molar-refractivity contribution in [3.05, 3.63) is 56.1 Å². The molecule has 0 bridgehead atoms. The maximum absolute atomic E-state index is 13.9.